The summed E-state index contributed by atoms with van der Waals surface area (Å²) in [4.78, 5) is 15.3. The van der Waals surface area contributed by atoms with E-state index in [1.807, 2.05) is 45.0 Å². The zero-order valence-corrected chi connectivity index (χ0v) is 11.0. The van der Waals surface area contributed by atoms with Crippen molar-refractivity contribution in [2.24, 2.45) is 10.7 Å². The second kappa shape index (κ2) is 6.64. The average molecular weight is 248 g/mol. The number of aliphatic imine (C=N–C) groups is 1. The summed E-state index contributed by atoms with van der Waals surface area (Å²) < 4.78 is 0. The molecule has 0 atom stereocenters. The van der Waals surface area contributed by atoms with E-state index in [-0.39, 0.29) is 24.5 Å². The Morgan fingerprint density at radius 1 is 1.44 bits per heavy atom. The summed E-state index contributed by atoms with van der Waals surface area (Å²) in [7, 11) is 0. The van der Waals surface area contributed by atoms with Gasteiger partial charge in [-0.3, -0.25) is 4.79 Å². The van der Waals surface area contributed by atoms with Crippen LogP contribution in [0.3, 0.4) is 0 Å². The molecule has 0 spiro atoms. The Kier molecular flexibility index (Phi) is 5.17. The molecule has 5 heteroatoms. The van der Waals surface area contributed by atoms with Crippen LogP contribution >= 0.6 is 0 Å². The molecule has 4 N–H and O–H groups in total. The quantitative estimate of drug-likeness (QED) is 0.554. The van der Waals surface area contributed by atoms with Gasteiger partial charge in [-0.05, 0) is 38.5 Å². The van der Waals surface area contributed by atoms with Gasteiger partial charge in [0.2, 0.25) is 5.91 Å². The van der Waals surface area contributed by atoms with Crippen molar-refractivity contribution in [3.63, 3.8) is 0 Å². The van der Waals surface area contributed by atoms with Crippen molar-refractivity contribution in [1.29, 1.82) is 0 Å². The van der Waals surface area contributed by atoms with Crippen LogP contribution in [0.1, 0.15) is 19.4 Å². The molecule has 0 aliphatic rings. The lowest BCUT2D eigenvalue weighted by Gasteiger charge is -2.08. The summed E-state index contributed by atoms with van der Waals surface area (Å²) in [5.74, 6) is 0.0958. The van der Waals surface area contributed by atoms with E-state index < -0.39 is 0 Å². The van der Waals surface area contributed by atoms with Gasteiger partial charge in [-0.15, -0.1) is 0 Å². The molecule has 0 heterocycles. The molecule has 0 aromatic heterocycles. The number of nitrogens with zero attached hydrogens (tertiary/aromatic N) is 1. The number of carbonyl (C=O) groups excluding carboxylic acids is 1. The number of rotatable bonds is 4. The zero-order chi connectivity index (χ0) is 13.5. The average Bonchev–Trinajstić information content (AvgIpc) is 2.25. The van der Waals surface area contributed by atoms with E-state index in [1.54, 1.807) is 0 Å². The van der Waals surface area contributed by atoms with Gasteiger partial charge < -0.3 is 16.4 Å². The SMILES string of the molecule is Cc1cccc(NC(N)=NCC(=O)NC(C)C)c1. The second-order valence-electron chi connectivity index (χ2n) is 4.42. The van der Waals surface area contributed by atoms with Crippen LogP contribution in [0.4, 0.5) is 5.69 Å². The van der Waals surface area contributed by atoms with E-state index in [4.69, 9.17) is 5.73 Å². The Bertz CT molecular complexity index is 440. The van der Waals surface area contributed by atoms with E-state index in [1.165, 1.54) is 0 Å². The molecule has 1 aromatic carbocycles. The summed E-state index contributed by atoms with van der Waals surface area (Å²) in [6.07, 6.45) is 0. The normalized spacial score (nSPS) is 11.4. The highest BCUT2D eigenvalue weighted by molar-refractivity contribution is 5.93. The molecule has 1 amide bonds. The third-order valence-electron chi connectivity index (χ3n) is 2.13. The van der Waals surface area contributed by atoms with E-state index in [2.05, 4.69) is 15.6 Å². The number of guanidine groups is 1. The monoisotopic (exact) mass is 248 g/mol. The smallest absolute Gasteiger partial charge is 0.242 e. The maximum atomic E-state index is 11.4. The van der Waals surface area contributed by atoms with Gasteiger partial charge in [0.05, 0.1) is 0 Å². The number of aryl methyl sites for hydroxylation is 1. The van der Waals surface area contributed by atoms with Crippen molar-refractivity contribution >= 4 is 17.6 Å². The van der Waals surface area contributed by atoms with E-state index >= 15 is 0 Å². The summed E-state index contributed by atoms with van der Waals surface area (Å²) in [5, 5.41) is 5.68. The van der Waals surface area contributed by atoms with Gasteiger partial charge in [0.15, 0.2) is 5.96 Å². The third kappa shape index (κ3) is 5.34. The first-order chi connectivity index (χ1) is 8.47. The van der Waals surface area contributed by atoms with Crippen LogP contribution in [-0.4, -0.2) is 24.5 Å². The molecule has 0 aliphatic heterocycles. The second-order valence-corrected chi connectivity index (χ2v) is 4.42. The Morgan fingerprint density at radius 3 is 2.78 bits per heavy atom. The molecule has 0 saturated carbocycles. The molecular formula is C13H20N4O. The molecule has 98 valence electrons. The first-order valence-corrected chi connectivity index (χ1v) is 5.90. The molecule has 0 radical (unpaired) electrons. The Morgan fingerprint density at radius 2 is 2.17 bits per heavy atom. The summed E-state index contributed by atoms with van der Waals surface area (Å²) in [6, 6.07) is 7.88. The van der Waals surface area contributed by atoms with Crippen molar-refractivity contribution in [2.75, 3.05) is 11.9 Å². The van der Waals surface area contributed by atoms with Gasteiger partial charge in [0.1, 0.15) is 6.54 Å². The lowest BCUT2D eigenvalue weighted by molar-refractivity contribution is -0.120. The van der Waals surface area contributed by atoms with E-state index in [0.717, 1.165) is 11.3 Å². The van der Waals surface area contributed by atoms with Crippen molar-refractivity contribution in [1.82, 2.24) is 5.32 Å². The van der Waals surface area contributed by atoms with Gasteiger partial charge in [0, 0.05) is 11.7 Å². The zero-order valence-electron chi connectivity index (χ0n) is 11.0. The van der Waals surface area contributed by atoms with E-state index in [0.29, 0.717) is 0 Å². The first kappa shape index (κ1) is 14.0. The molecule has 0 saturated heterocycles. The first-order valence-electron chi connectivity index (χ1n) is 5.90. The lowest BCUT2D eigenvalue weighted by Crippen LogP contribution is -2.33. The van der Waals surface area contributed by atoms with Gasteiger partial charge >= 0.3 is 0 Å². The molecular weight excluding hydrogens is 228 g/mol. The van der Waals surface area contributed by atoms with Crippen LogP contribution in [-0.2, 0) is 4.79 Å². The Labute approximate surface area is 107 Å². The number of nitrogens with two attached hydrogens (primary N) is 1. The fraction of sp³-hybridized carbons (Fsp3) is 0.385. The largest absolute Gasteiger partial charge is 0.370 e. The van der Waals surface area contributed by atoms with Crippen LogP contribution in [0.5, 0.6) is 0 Å². The van der Waals surface area contributed by atoms with Crippen LogP contribution in [0.15, 0.2) is 29.3 Å². The maximum Gasteiger partial charge on any atom is 0.242 e. The minimum Gasteiger partial charge on any atom is -0.370 e. The Balaban J connectivity index is 2.50. The highest BCUT2D eigenvalue weighted by atomic mass is 16.1. The number of carbonyl (C=O) groups is 1. The number of amides is 1. The summed E-state index contributed by atoms with van der Waals surface area (Å²) >= 11 is 0. The predicted octanol–water partition coefficient (Wildman–Crippen LogP) is 1.25. The summed E-state index contributed by atoms with van der Waals surface area (Å²) in [6.45, 7) is 5.82. The van der Waals surface area contributed by atoms with Crippen LogP contribution in [0, 0.1) is 6.92 Å². The molecule has 0 unspecified atom stereocenters. The van der Waals surface area contributed by atoms with Gasteiger partial charge in [-0.2, -0.15) is 0 Å². The highest BCUT2D eigenvalue weighted by Gasteiger charge is 2.02. The maximum absolute atomic E-state index is 11.4. The number of hydrogen-bond acceptors (Lipinski definition) is 2. The number of hydrogen-bond donors (Lipinski definition) is 3. The number of benzene rings is 1. The van der Waals surface area contributed by atoms with E-state index in [9.17, 15) is 4.79 Å². The fourth-order valence-corrected chi connectivity index (χ4v) is 1.43. The number of nitrogens with one attached hydrogen (secondary N) is 2. The van der Waals surface area contributed by atoms with Crippen molar-refractivity contribution in [3.05, 3.63) is 29.8 Å². The highest BCUT2D eigenvalue weighted by Crippen LogP contribution is 2.08. The minimum absolute atomic E-state index is 0.0306. The lowest BCUT2D eigenvalue weighted by atomic mass is 10.2. The fourth-order valence-electron chi connectivity index (χ4n) is 1.43. The summed E-state index contributed by atoms with van der Waals surface area (Å²) in [5.41, 5.74) is 7.69. The molecule has 0 fully saturated rings. The van der Waals surface area contributed by atoms with Crippen molar-refractivity contribution in [3.8, 4) is 0 Å². The molecule has 5 nitrogen and oxygen atoms in total. The van der Waals surface area contributed by atoms with Gasteiger partial charge in [-0.1, -0.05) is 12.1 Å². The van der Waals surface area contributed by atoms with Crippen LogP contribution in [0.2, 0.25) is 0 Å². The van der Waals surface area contributed by atoms with Crippen molar-refractivity contribution in [2.45, 2.75) is 26.8 Å². The Hall–Kier alpha value is -2.04. The van der Waals surface area contributed by atoms with Crippen molar-refractivity contribution < 1.29 is 4.79 Å². The molecule has 0 aliphatic carbocycles. The molecule has 1 rings (SSSR count). The topological polar surface area (TPSA) is 79.5 Å². The molecule has 0 bridgehead atoms. The van der Waals surface area contributed by atoms with Crippen LogP contribution < -0.4 is 16.4 Å². The minimum atomic E-state index is -0.140. The predicted molar refractivity (Wildman–Crippen MR) is 74.6 cm³/mol. The third-order valence-corrected chi connectivity index (χ3v) is 2.13. The van der Waals surface area contributed by atoms with Gasteiger partial charge in [-0.25, -0.2) is 4.99 Å². The molecule has 1 aromatic rings. The number of anilines is 1. The molecule has 18 heavy (non-hydrogen) atoms. The van der Waals surface area contributed by atoms with Gasteiger partial charge in [0.25, 0.3) is 0 Å². The standard InChI is InChI=1S/C13H20N4O/c1-9(2)16-12(18)8-15-13(14)17-11-6-4-5-10(3)7-11/h4-7,9H,8H2,1-3H3,(H,16,18)(H3,14,15,17). The van der Waals surface area contributed by atoms with Crippen LogP contribution in [0.25, 0.3) is 0 Å².